The van der Waals surface area contributed by atoms with E-state index in [9.17, 15) is 23.1 Å². The van der Waals surface area contributed by atoms with Crippen LogP contribution in [0.15, 0.2) is 47.4 Å². The molecule has 0 aliphatic carbocycles. The van der Waals surface area contributed by atoms with E-state index in [1.807, 2.05) is 0 Å². The largest absolute Gasteiger partial charge is 0.395 e. The van der Waals surface area contributed by atoms with Crippen molar-refractivity contribution in [1.29, 1.82) is 0 Å². The van der Waals surface area contributed by atoms with Gasteiger partial charge in [-0.1, -0.05) is 0 Å². The van der Waals surface area contributed by atoms with Crippen molar-refractivity contribution in [3.05, 3.63) is 52.6 Å². The maximum atomic E-state index is 11.5. The molecular weight excluding hydrogens is 378 g/mol. The monoisotopic (exact) mass is 397 g/mol. The molecule has 146 valence electrons. The van der Waals surface area contributed by atoms with Crippen molar-refractivity contribution in [2.45, 2.75) is 4.90 Å². The van der Waals surface area contributed by atoms with Crippen molar-refractivity contribution in [3.63, 3.8) is 0 Å². The Kier molecular flexibility index (Phi) is 6.69. The van der Waals surface area contributed by atoms with Gasteiger partial charge in [0.15, 0.2) is 0 Å². The van der Waals surface area contributed by atoms with Gasteiger partial charge in [0, 0.05) is 36.6 Å². The molecule has 0 amide bonds. The Balaban J connectivity index is 2.30. The molecule has 11 heteroatoms. The Bertz CT molecular complexity index is 895. The molecule has 0 heterocycles. The quantitative estimate of drug-likeness (QED) is 0.279. The van der Waals surface area contributed by atoms with Crippen LogP contribution in [0.3, 0.4) is 0 Å². The molecular formula is C16H19N3O7S. The second kappa shape index (κ2) is 8.77. The highest BCUT2D eigenvalue weighted by molar-refractivity contribution is 7.86. The lowest BCUT2D eigenvalue weighted by atomic mass is 10.2. The lowest BCUT2D eigenvalue weighted by Crippen LogP contribution is -2.29. The molecule has 0 aromatic heterocycles. The van der Waals surface area contributed by atoms with Crippen LogP contribution in [0, 0.1) is 10.1 Å². The highest BCUT2D eigenvalue weighted by Crippen LogP contribution is 2.29. The molecule has 0 aliphatic rings. The average molecular weight is 397 g/mol. The van der Waals surface area contributed by atoms with Gasteiger partial charge in [-0.05, 0) is 30.3 Å². The summed E-state index contributed by atoms with van der Waals surface area (Å²) in [6.45, 7) is 0.506. The van der Waals surface area contributed by atoms with E-state index < -0.39 is 25.6 Å². The number of anilines is 3. The van der Waals surface area contributed by atoms with Crippen molar-refractivity contribution in [1.82, 2.24) is 0 Å². The number of aliphatic hydroxyl groups excluding tert-OH is 2. The van der Waals surface area contributed by atoms with Gasteiger partial charge in [-0.15, -0.1) is 0 Å². The minimum absolute atomic E-state index is 0.0153. The van der Waals surface area contributed by atoms with Gasteiger partial charge < -0.3 is 20.4 Å². The maximum Gasteiger partial charge on any atom is 0.296 e. The standard InChI is InChI=1S/C16H19N3O7S/c20-9-7-18(8-10-21)13-3-1-12(2-4-13)17-15-6-5-14(19(22)23)11-16(15)27(24,25)26/h1-6,11,17,20-21H,7-10H2,(H,24,25,26). The van der Waals surface area contributed by atoms with Crippen LogP contribution in [0.4, 0.5) is 22.7 Å². The molecule has 0 radical (unpaired) electrons. The summed E-state index contributed by atoms with van der Waals surface area (Å²) < 4.78 is 32.4. The second-order valence-electron chi connectivity index (χ2n) is 5.52. The third-order valence-electron chi connectivity index (χ3n) is 3.71. The Labute approximate surface area is 155 Å². The van der Waals surface area contributed by atoms with Gasteiger partial charge in [0.25, 0.3) is 15.8 Å². The third kappa shape index (κ3) is 5.37. The molecule has 2 aromatic carbocycles. The van der Waals surface area contributed by atoms with Crippen LogP contribution >= 0.6 is 0 Å². The zero-order chi connectivity index (χ0) is 20.0. The van der Waals surface area contributed by atoms with Crippen LogP contribution in [-0.4, -0.2) is 54.4 Å². The molecule has 27 heavy (non-hydrogen) atoms. The van der Waals surface area contributed by atoms with E-state index in [1.165, 1.54) is 6.07 Å². The summed E-state index contributed by atoms with van der Waals surface area (Å²) in [5, 5.41) is 31.8. The minimum Gasteiger partial charge on any atom is -0.395 e. The number of rotatable bonds is 9. The fraction of sp³-hybridized carbons (Fsp3) is 0.250. The van der Waals surface area contributed by atoms with E-state index in [4.69, 9.17) is 10.2 Å². The first kappa shape index (κ1) is 20.6. The van der Waals surface area contributed by atoms with Crippen molar-refractivity contribution < 1.29 is 28.1 Å². The number of non-ortho nitro benzene ring substituents is 1. The van der Waals surface area contributed by atoms with E-state index in [2.05, 4.69) is 5.32 Å². The average Bonchev–Trinajstić information content (AvgIpc) is 2.61. The van der Waals surface area contributed by atoms with Gasteiger partial charge >= 0.3 is 0 Å². The van der Waals surface area contributed by atoms with Crippen LogP contribution < -0.4 is 10.2 Å². The van der Waals surface area contributed by atoms with Gasteiger partial charge in [-0.2, -0.15) is 8.42 Å². The fourth-order valence-corrected chi connectivity index (χ4v) is 3.13. The Hall–Kier alpha value is -2.73. The first-order valence-electron chi connectivity index (χ1n) is 7.86. The van der Waals surface area contributed by atoms with E-state index in [0.29, 0.717) is 18.8 Å². The summed E-state index contributed by atoms with van der Waals surface area (Å²) in [4.78, 5) is 11.2. The van der Waals surface area contributed by atoms with Crippen molar-refractivity contribution in [3.8, 4) is 0 Å². The summed E-state index contributed by atoms with van der Waals surface area (Å²) in [7, 11) is -4.68. The number of benzene rings is 2. The molecule has 2 aromatic rings. The zero-order valence-electron chi connectivity index (χ0n) is 14.1. The number of nitro benzene ring substituents is 1. The van der Waals surface area contributed by atoms with Gasteiger partial charge in [-0.3, -0.25) is 14.7 Å². The van der Waals surface area contributed by atoms with Crippen LogP contribution in [0.25, 0.3) is 0 Å². The summed E-state index contributed by atoms with van der Waals surface area (Å²) in [6.07, 6.45) is 0. The number of nitro groups is 1. The summed E-state index contributed by atoms with van der Waals surface area (Å²) in [5.74, 6) is 0. The Morgan fingerprint density at radius 2 is 1.63 bits per heavy atom. The topological polar surface area (TPSA) is 153 Å². The molecule has 0 saturated heterocycles. The van der Waals surface area contributed by atoms with Gasteiger partial charge in [0.1, 0.15) is 4.90 Å². The predicted molar refractivity (Wildman–Crippen MR) is 99.0 cm³/mol. The number of nitrogens with zero attached hydrogens (tertiary/aromatic N) is 2. The molecule has 0 atom stereocenters. The van der Waals surface area contributed by atoms with Crippen LogP contribution in [0.2, 0.25) is 0 Å². The van der Waals surface area contributed by atoms with Crippen molar-refractivity contribution >= 4 is 32.9 Å². The smallest absolute Gasteiger partial charge is 0.296 e. The Morgan fingerprint density at radius 1 is 1.04 bits per heavy atom. The molecule has 10 nitrogen and oxygen atoms in total. The highest BCUT2D eigenvalue weighted by Gasteiger charge is 2.20. The number of hydrogen-bond donors (Lipinski definition) is 4. The fourth-order valence-electron chi connectivity index (χ4n) is 2.46. The van der Waals surface area contributed by atoms with Crippen LogP contribution in [-0.2, 0) is 10.1 Å². The first-order valence-corrected chi connectivity index (χ1v) is 9.30. The zero-order valence-corrected chi connectivity index (χ0v) is 15.0. The van der Waals surface area contributed by atoms with E-state index >= 15 is 0 Å². The molecule has 0 fully saturated rings. The lowest BCUT2D eigenvalue weighted by molar-refractivity contribution is -0.385. The normalized spacial score (nSPS) is 11.2. The lowest BCUT2D eigenvalue weighted by Gasteiger charge is -2.23. The predicted octanol–water partition coefficient (Wildman–Crippen LogP) is 1.38. The molecule has 0 unspecified atom stereocenters. The summed E-state index contributed by atoms with van der Waals surface area (Å²) >= 11 is 0. The SMILES string of the molecule is O=[N+]([O-])c1ccc(Nc2ccc(N(CCO)CCO)cc2)c(S(=O)(=O)O)c1. The number of nitrogens with one attached hydrogen (secondary N) is 1. The molecule has 0 aliphatic heterocycles. The summed E-state index contributed by atoms with van der Waals surface area (Å²) in [5.41, 5.74) is 0.735. The third-order valence-corrected chi connectivity index (χ3v) is 4.60. The summed E-state index contributed by atoms with van der Waals surface area (Å²) in [6, 6.07) is 9.75. The van der Waals surface area contributed by atoms with E-state index in [-0.39, 0.29) is 18.9 Å². The van der Waals surface area contributed by atoms with Crippen LogP contribution in [0.1, 0.15) is 0 Å². The highest BCUT2D eigenvalue weighted by atomic mass is 32.2. The molecule has 4 N–H and O–H groups in total. The Morgan fingerprint density at radius 3 is 2.11 bits per heavy atom. The van der Waals surface area contributed by atoms with Crippen molar-refractivity contribution in [2.24, 2.45) is 0 Å². The van der Waals surface area contributed by atoms with Gasteiger partial charge in [0.2, 0.25) is 0 Å². The van der Waals surface area contributed by atoms with Gasteiger partial charge in [-0.25, -0.2) is 0 Å². The second-order valence-corrected chi connectivity index (χ2v) is 6.91. The van der Waals surface area contributed by atoms with Gasteiger partial charge in [0.05, 0.1) is 23.8 Å². The molecule has 0 saturated carbocycles. The van der Waals surface area contributed by atoms with Crippen molar-refractivity contribution in [2.75, 3.05) is 36.5 Å². The molecule has 2 rings (SSSR count). The number of hydrogen-bond acceptors (Lipinski definition) is 8. The maximum absolute atomic E-state index is 11.5. The van der Waals surface area contributed by atoms with E-state index in [0.717, 1.165) is 17.8 Å². The first-order chi connectivity index (χ1) is 12.8. The molecule has 0 spiro atoms. The van der Waals surface area contributed by atoms with E-state index in [1.54, 1.807) is 29.2 Å². The minimum atomic E-state index is -4.68. The van der Waals surface area contributed by atoms with Crippen LogP contribution in [0.5, 0.6) is 0 Å². The number of aliphatic hydroxyl groups is 2. The molecule has 0 bridgehead atoms.